The van der Waals surface area contributed by atoms with Crippen molar-refractivity contribution >= 4 is 11.9 Å². The van der Waals surface area contributed by atoms with Crippen LogP contribution in [0.2, 0.25) is 0 Å². The van der Waals surface area contributed by atoms with Gasteiger partial charge in [0.05, 0.1) is 0 Å². The molecule has 1 aliphatic carbocycles. The number of hydrogen-bond acceptors (Lipinski definition) is 5. The molecule has 1 amide bonds. The first-order chi connectivity index (χ1) is 9.00. The summed E-state index contributed by atoms with van der Waals surface area (Å²) in [6.45, 7) is 2.37. The van der Waals surface area contributed by atoms with E-state index in [9.17, 15) is 19.7 Å². The van der Waals surface area contributed by atoms with Crippen LogP contribution in [0.25, 0.3) is 0 Å². The molecule has 2 fully saturated rings. The molecule has 1 aliphatic heterocycles. The van der Waals surface area contributed by atoms with E-state index in [2.05, 4.69) is 0 Å². The minimum Gasteiger partial charge on any atom is -0.455 e. The van der Waals surface area contributed by atoms with E-state index in [1.54, 1.807) is 4.90 Å². The highest BCUT2D eigenvalue weighted by molar-refractivity contribution is 5.82. The fourth-order valence-electron chi connectivity index (χ4n) is 2.46. The summed E-state index contributed by atoms with van der Waals surface area (Å²) in [4.78, 5) is 35.1. The van der Waals surface area contributed by atoms with E-state index in [1.165, 1.54) is 0 Å². The van der Waals surface area contributed by atoms with E-state index in [1.807, 2.05) is 6.92 Å². The van der Waals surface area contributed by atoms with Gasteiger partial charge >= 0.3 is 5.97 Å². The molecule has 0 aromatic rings. The minimum absolute atomic E-state index is 0.174. The second-order valence-electron chi connectivity index (χ2n) is 5.23. The molecule has 1 saturated carbocycles. The first-order valence-electron chi connectivity index (χ1n) is 6.60. The zero-order valence-electron chi connectivity index (χ0n) is 10.9. The van der Waals surface area contributed by atoms with Crippen molar-refractivity contribution in [2.45, 2.75) is 44.7 Å². The van der Waals surface area contributed by atoms with Crippen LogP contribution in [0.5, 0.6) is 0 Å². The van der Waals surface area contributed by atoms with Crippen LogP contribution in [0, 0.1) is 16.0 Å². The second kappa shape index (κ2) is 5.54. The van der Waals surface area contributed by atoms with Crippen molar-refractivity contribution in [2.24, 2.45) is 5.92 Å². The summed E-state index contributed by atoms with van der Waals surface area (Å²) in [5, 5.41) is 10.4. The van der Waals surface area contributed by atoms with Crippen LogP contribution in [0.1, 0.15) is 32.6 Å². The molecule has 0 spiro atoms. The molecule has 1 heterocycles. The number of carbonyl (C=O) groups is 2. The maximum atomic E-state index is 11.9. The molecule has 2 aliphatic rings. The van der Waals surface area contributed by atoms with Gasteiger partial charge in [0.2, 0.25) is 6.04 Å². The molecule has 2 rings (SSSR count). The van der Waals surface area contributed by atoms with Gasteiger partial charge in [-0.15, -0.1) is 0 Å². The number of nitrogens with zero attached hydrogens (tertiary/aromatic N) is 2. The Morgan fingerprint density at radius 2 is 2.16 bits per heavy atom. The quantitative estimate of drug-likeness (QED) is 0.424. The lowest BCUT2D eigenvalue weighted by Crippen LogP contribution is -2.44. The van der Waals surface area contributed by atoms with Gasteiger partial charge in [-0.2, -0.15) is 0 Å². The van der Waals surface area contributed by atoms with Crippen molar-refractivity contribution in [3.05, 3.63) is 10.1 Å². The Morgan fingerprint density at radius 1 is 1.42 bits per heavy atom. The first-order valence-corrected chi connectivity index (χ1v) is 6.60. The first kappa shape index (κ1) is 13.8. The predicted octanol–water partition coefficient (Wildman–Crippen LogP) is 0.596. The van der Waals surface area contributed by atoms with Gasteiger partial charge in [-0.25, -0.2) is 0 Å². The zero-order valence-corrected chi connectivity index (χ0v) is 10.9. The Morgan fingerprint density at radius 3 is 2.74 bits per heavy atom. The Balaban J connectivity index is 1.74. The van der Waals surface area contributed by atoms with Crippen molar-refractivity contribution in [3.8, 4) is 0 Å². The van der Waals surface area contributed by atoms with Gasteiger partial charge in [0, 0.05) is 23.9 Å². The number of ether oxygens (including phenoxy) is 1. The van der Waals surface area contributed by atoms with Gasteiger partial charge in [0.25, 0.3) is 5.91 Å². The zero-order chi connectivity index (χ0) is 14.0. The molecule has 7 nitrogen and oxygen atoms in total. The monoisotopic (exact) mass is 270 g/mol. The summed E-state index contributed by atoms with van der Waals surface area (Å²) in [6, 6.07) is -0.649. The molecule has 3 atom stereocenters. The third-order valence-corrected chi connectivity index (χ3v) is 3.79. The molecule has 3 unspecified atom stereocenters. The molecular weight excluding hydrogens is 252 g/mol. The van der Waals surface area contributed by atoms with Gasteiger partial charge in [-0.05, 0) is 26.2 Å². The highest BCUT2D eigenvalue weighted by Gasteiger charge is 2.54. The number of hydrogen-bond donors (Lipinski definition) is 0. The maximum Gasteiger partial charge on any atom is 0.316 e. The minimum atomic E-state index is -0.823. The molecule has 0 radical (unpaired) electrons. The summed E-state index contributed by atoms with van der Waals surface area (Å²) in [7, 11) is 0. The lowest BCUT2D eigenvalue weighted by atomic mass is 10.0. The molecule has 106 valence electrons. The van der Waals surface area contributed by atoms with E-state index in [-0.39, 0.29) is 25.0 Å². The highest BCUT2D eigenvalue weighted by Crippen LogP contribution is 2.34. The van der Waals surface area contributed by atoms with E-state index in [4.69, 9.17) is 4.74 Å². The number of piperidine rings is 1. The van der Waals surface area contributed by atoms with Gasteiger partial charge in [0.1, 0.15) is 5.92 Å². The molecular formula is C12H18N2O5. The third kappa shape index (κ3) is 3.21. The number of likely N-dealkylation sites (tertiary alicyclic amines) is 1. The summed E-state index contributed by atoms with van der Waals surface area (Å²) in [5.41, 5.74) is 0. The number of rotatable bonds is 4. The SMILES string of the molecule is CC1CCCCN1C(=O)COC(=O)C1CC1[N+](=O)[O-]. The van der Waals surface area contributed by atoms with Gasteiger partial charge in [-0.3, -0.25) is 19.7 Å². The van der Waals surface area contributed by atoms with Crippen LogP contribution in [-0.4, -0.2) is 46.9 Å². The predicted molar refractivity (Wildman–Crippen MR) is 64.9 cm³/mol. The fourth-order valence-corrected chi connectivity index (χ4v) is 2.46. The van der Waals surface area contributed by atoms with Gasteiger partial charge in [0.15, 0.2) is 6.61 Å². The lowest BCUT2D eigenvalue weighted by molar-refractivity contribution is -0.497. The molecule has 0 N–H and O–H groups in total. The Kier molecular flexibility index (Phi) is 4.01. The molecule has 0 aromatic carbocycles. The summed E-state index contributed by atoms with van der Waals surface area (Å²) in [5.74, 6) is -1.50. The highest BCUT2D eigenvalue weighted by atomic mass is 16.6. The lowest BCUT2D eigenvalue weighted by Gasteiger charge is -2.33. The van der Waals surface area contributed by atoms with Crippen molar-refractivity contribution in [3.63, 3.8) is 0 Å². The molecule has 1 saturated heterocycles. The van der Waals surface area contributed by atoms with Crippen molar-refractivity contribution in [1.82, 2.24) is 4.90 Å². The standard InChI is InChI=1S/C12H18N2O5/c1-8-4-2-3-5-13(8)11(15)7-19-12(16)9-6-10(9)14(17)18/h8-10H,2-7H2,1H3. The Bertz CT molecular complexity index is 398. The van der Waals surface area contributed by atoms with Crippen molar-refractivity contribution < 1.29 is 19.2 Å². The van der Waals surface area contributed by atoms with Crippen molar-refractivity contribution in [1.29, 1.82) is 0 Å². The smallest absolute Gasteiger partial charge is 0.316 e. The summed E-state index contributed by atoms with van der Waals surface area (Å²) >= 11 is 0. The third-order valence-electron chi connectivity index (χ3n) is 3.79. The number of nitro groups is 1. The van der Waals surface area contributed by atoms with Crippen LogP contribution in [0.4, 0.5) is 0 Å². The van der Waals surface area contributed by atoms with Crippen LogP contribution < -0.4 is 0 Å². The topological polar surface area (TPSA) is 89.8 Å². The maximum absolute atomic E-state index is 11.9. The van der Waals surface area contributed by atoms with Gasteiger partial charge < -0.3 is 9.64 Å². The van der Waals surface area contributed by atoms with E-state index in [0.29, 0.717) is 6.54 Å². The molecule has 0 bridgehead atoms. The summed E-state index contributed by atoms with van der Waals surface area (Å²) in [6.07, 6.45) is 3.26. The van der Waals surface area contributed by atoms with E-state index >= 15 is 0 Å². The van der Waals surface area contributed by atoms with Crippen molar-refractivity contribution in [2.75, 3.05) is 13.2 Å². The van der Waals surface area contributed by atoms with Crippen LogP contribution >= 0.6 is 0 Å². The Hall–Kier alpha value is -1.66. The number of esters is 1. The molecule has 19 heavy (non-hydrogen) atoms. The largest absolute Gasteiger partial charge is 0.455 e. The average molecular weight is 270 g/mol. The normalized spacial score (nSPS) is 29.7. The molecule has 7 heteroatoms. The van der Waals surface area contributed by atoms with E-state index in [0.717, 1.165) is 19.3 Å². The van der Waals surface area contributed by atoms with E-state index < -0.39 is 22.9 Å². The second-order valence-corrected chi connectivity index (χ2v) is 5.23. The average Bonchev–Trinajstić information content (AvgIpc) is 3.16. The summed E-state index contributed by atoms with van der Waals surface area (Å²) < 4.78 is 4.88. The Labute approximate surface area is 111 Å². The number of carbonyl (C=O) groups excluding carboxylic acids is 2. The number of amides is 1. The van der Waals surface area contributed by atoms with Crippen LogP contribution in [0.15, 0.2) is 0 Å². The fraction of sp³-hybridized carbons (Fsp3) is 0.833. The van der Waals surface area contributed by atoms with Crippen LogP contribution in [0.3, 0.4) is 0 Å². The molecule has 0 aromatic heterocycles. The van der Waals surface area contributed by atoms with Crippen LogP contribution in [-0.2, 0) is 14.3 Å². The van der Waals surface area contributed by atoms with Gasteiger partial charge in [-0.1, -0.05) is 0 Å².